The van der Waals surface area contributed by atoms with Crippen LogP contribution >= 0.6 is 0 Å². The van der Waals surface area contributed by atoms with Gasteiger partial charge in [-0.05, 0) is 41.5 Å². The Bertz CT molecular complexity index is 1010. The summed E-state index contributed by atoms with van der Waals surface area (Å²) in [6.07, 6.45) is 1.08. The van der Waals surface area contributed by atoms with Gasteiger partial charge in [-0.2, -0.15) is 0 Å². The number of aromatic nitrogens is 3. The first kappa shape index (κ1) is 22.5. The quantitative estimate of drug-likeness (QED) is 0.482. The third-order valence-electron chi connectivity index (χ3n) is 7.05. The number of benzene rings is 1. The number of rotatable bonds is 4. The van der Waals surface area contributed by atoms with Crippen LogP contribution in [0.15, 0.2) is 30.3 Å². The number of para-hydroxylation sites is 2. The van der Waals surface area contributed by atoms with Gasteiger partial charge < -0.3 is 4.98 Å². The standard InChI is InChI=1S/C27H39N3/c1-11-17(2)18-16-21(25(3,4)5)30-23(27(9,10)26(6,7)8)22(18)24-28-19-14-12-13-15-20(19)29-24/h12-17H,11H2,1-10H3,(H,28,29). The molecule has 0 aliphatic rings. The van der Waals surface area contributed by atoms with Gasteiger partial charge in [0.1, 0.15) is 5.82 Å². The van der Waals surface area contributed by atoms with Crippen LogP contribution in [0.5, 0.6) is 0 Å². The van der Waals surface area contributed by atoms with Crippen molar-refractivity contribution in [2.45, 2.75) is 92.4 Å². The minimum absolute atomic E-state index is 0.0165. The predicted octanol–water partition coefficient (Wildman–Crippen LogP) is 7.76. The van der Waals surface area contributed by atoms with Gasteiger partial charge in [-0.1, -0.05) is 81.4 Å². The van der Waals surface area contributed by atoms with E-state index in [1.54, 1.807) is 0 Å². The van der Waals surface area contributed by atoms with Gasteiger partial charge >= 0.3 is 0 Å². The Morgan fingerprint density at radius 3 is 2.10 bits per heavy atom. The number of imidazole rings is 1. The highest BCUT2D eigenvalue weighted by molar-refractivity contribution is 5.81. The molecule has 1 aromatic carbocycles. The average molecular weight is 406 g/mol. The highest BCUT2D eigenvalue weighted by Crippen LogP contribution is 2.46. The Labute approximate surface area is 182 Å². The van der Waals surface area contributed by atoms with Crippen molar-refractivity contribution in [3.8, 4) is 11.4 Å². The summed E-state index contributed by atoms with van der Waals surface area (Å²) in [6.45, 7) is 22.9. The van der Waals surface area contributed by atoms with E-state index in [4.69, 9.17) is 9.97 Å². The van der Waals surface area contributed by atoms with E-state index in [1.165, 1.54) is 11.1 Å². The molecule has 0 saturated heterocycles. The zero-order valence-electron chi connectivity index (χ0n) is 20.6. The number of hydrogen-bond acceptors (Lipinski definition) is 2. The predicted molar refractivity (Wildman–Crippen MR) is 129 cm³/mol. The second-order valence-electron chi connectivity index (χ2n) is 11.4. The normalized spacial score (nSPS) is 14.3. The Morgan fingerprint density at radius 1 is 0.933 bits per heavy atom. The summed E-state index contributed by atoms with van der Waals surface area (Å²) in [7, 11) is 0. The SMILES string of the molecule is CCC(C)c1cc(C(C)(C)C)nc(C(C)(C)C(C)(C)C)c1-c1nc2ccccc2[nH]1. The summed E-state index contributed by atoms with van der Waals surface area (Å²) in [6, 6.07) is 10.6. The van der Waals surface area contributed by atoms with E-state index in [1.807, 2.05) is 6.07 Å². The Morgan fingerprint density at radius 2 is 1.57 bits per heavy atom. The second kappa shape index (κ2) is 7.51. The van der Waals surface area contributed by atoms with E-state index in [2.05, 4.69) is 98.5 Å². The van der Waals surface area contributed by atoms with Gasteiger partial charge in [0, 0.05) is 22.1 Å². The first-order valence-electron chi connectivity index (χ1n) is 11.3. The van der Waals surface area contributed by atoms with Crippen molar-refractivity contribution < 1.29 is 0 Å². The van der Waals surface area contributed by atoms with E-state index in [0.29, 0.717) is 5.92 Å². The molecule has 0 radical (unpaired) electrons. The molecular weight excluding hydrogens is 366 g/mol. The highest BCUT2D eigenvalue weighted by Gasteiger charge is 2.40. The Kier molecular flexibility index (Phi) is 5.64. The van der Waals surface area contributed by atoms with Gasteiger partial charge in [-0.3, -0.25) is 4.98 Å². The summed E-state index contributed by atoms with van der Waals surface area (Å²) in [5.41, 5.74) is 6.81. The number of hydrogen-bond donors (Lipinski definition) is 1. The van der Waals surface area contributed by atoms with Crippen LogP contribution in [0.1, 0.15) is 98.5 Å². The smallest absolute Gasteiger partial charge is 0.140 e. The number of nitrogens with zero attached hydrogens (tertiary/aromatic N) is 2. The molecule has 2 aromatic heterocycles. The van der Waals surface area contributed by atoms with Crippen LogP contribution in [-0.2, 0) is 10.8 Å². The number of fused-ring (bicyclic) bond motifs is 1. The van der Waals surface area contributed by atoms with Crippen LogP contribution in [0.3, 0.4) is 0 Å². The first-order valence-corrected chi connectivity index (χ1v) is 11.3. The van der Waals surface area contributed by atoms with Gasteiger partial charge in [0.25, 0.3) is 0 Å². The van der Waals surface area contributed by atoms with E-state index < -0.39 is 0 Å². The third-order valence-corrected chi connectivity index (χ3v) is 7.05. The molecule has 1 atom stereocenters. The van der Waals surface area contributed by atoms with Crippen molar-refractivity contribution in [3.05, 3.63) is 47.3 Å². The van der Waals surface area contributed by atoms with Gasteiger partial charge in [-0.25, -0.2) is 4.98 Å². The minimum Gasteiger partial charge on any atom is -0.338 e. The summed E-state index contributed by atoms with van der Waals surface area (Å²) < 4.78 is 0. The van der Waals surface area contributed by atoms with E-state index in [9.17, 15) is 0 Å². The zero-order chi connectivity index (χ0) is 22.5. The zero-order valence-corrected chi connectivity index (χ0v) is 20.6. The molecule has 3 nitrogen and oxygen atoms in total. The van der Waals surface area contributed by atoms with Crippen molar-refractivity contribution >= 4 is 11.0 Å². The fourth-order valence-electron chi connectivity index (χ4n) is 3.69. The maximum absolute atomic E-state index is 5.35. The fourth-order valence-corrected chi connectivity index (χ4v) is 3.69. The van der Waals surface area contributed by atoms with Crippen molar-refractivity contribution in [2.75, 3.05) is 0 Å². The highest BCUT2D eigenvalue weighted by atomic mass is 14.9. The summed E-state index contributed by atoms with van der Waals surface area (Å²) in [5, 5.41) is 0. The molecule has 3 heteroatoms. The van der Waals surface area contributed by atoms with Crippen molar-refractivity contribution in [2.24, 2.45) is 5.41 Å². The first-order chi connectivity index (χ1) is 13.8. The maximum atomic E-state index is 5.35. The lowest BCUT2D eigenvalue weighted by Gasteiger charge is -2.41. The Balaban J connectivity index is 2.45. The van der Waals surface area contributed by atoms with Crippen LogP contribution in [0.2, 0.25) is 0 Å². The Hall–Kier alpha value is -2.16. The fraction of sp³-hybridized carbons (Fsp3) is 0.556. The van der Waals surface area contributed by atoms with Crippen LogP contribution < -0.4 is 0 Å². The lowest BCUT2D eigenvalue weighted by molar-refractivity contribution is 0.219. The van der Waals surface area contributed by atoms with E-state index in [-0.39, 0.29) is 16.2 Å². The van der Waals surface area contributed by atoms with Gasteiger partial charge in [0.15, 0.2) is 0 Å². The molecule has 162 valence electrons. The average Bonchev–Trinajstić information content (AvgIpc) is 3.08. The molecule has 2 heterocycles. The van der Waals surface area contributed by atoms with Crippen molar-refractivity contribution in [3.63, 3.8) is 0 Å². The lowest BCUT2D eigenvalue weighted by Crippen LogP contribution is -2.36. The number of H-pyrrole nitrogens is 1. The molecule has 3 aromatic rings. The molecule has 0 spiro atoms. The molecule has 0 aliphatic heterocycles. The topological polar surface area (TPSA) is 41.6 Å². The van der Waals surface area contributed by atoms with E-state index in [0.717, 1.165) is 34.7 Å². The number of aromatic amines is 1. The monoisotopic (exact) mass is 405 g/mol. The van der Waals surface area contributed by atoms with Crippen molar-refractivity contribution in [1.29, 1.82) is 0 Å². The third kappa shape index (κ3) is 3.91. The lowest BCUT2D eigenvalue weighted by atomic mass is 9.65. The molecule has 30 heavy (non-hydrogen) atoms. The van der Waals surface area contributed by atoms with E-state index >= 15 is 0 Å². The summed E-state index contributed by atoms with van der Waals surface area (Å²) >= 11 is 0. The van der Waals surface area contributed by atoms with Crippen LogP contribution in [0.25, 0.3) is 22.4 Å². The summed E-state index contributed by atoms with van der Waals surface area (Å²) in [5.74, 6) is 1.36. The molecule has 0 fully saturated rings. The second-order valence-corrected chi connectivity index (χ2v) is 11.4. The molecule has 0 saturated carbocycles. The molecule has 3 rings (SSSR count). The largest absolute Gasteiger partial charge is 0.338 e. The van der Waals surface area contributed by atoms with Crippen LogP contribution in [0, 0.1) is 5.41 Å². The van der Waals surface area contributed by atoms with Crippen LogP contribution in [0.4, 0.5) is 0 Å². The molecule has 1 unspecified atom stereocenters. The summed E-state index contributed by atoms with van der Waals surface area (Å²) in [4.78, 5) is 14.0. The molecule has 0 amide bonds. The molecule has 0 aliphatic carbocycles. The molecular formula is C27H39N3. The van der Waals surface area contributed by atoms with Crippen LogP contribution in [-0.4, -0.2) is 15.0 Å². The van der Waals surface area contributed by atoms with Crippen molar-refractivity contribution in [1.82, 2.24) is 15.0 Å². The van der Waals surface area contributed by atoms with Gasteiger partial charge in [-0.15, -0.1) is 0 Å². The minimum atomic E-state index is -0.134. The van der Waals surface area contributed by atoms with Gasteiger partial charge in [0.2, 0.25) is 0 Å². The maximum Gasteiger partial charge on any atom is 0.140 e. The number of nitrogens with one attached hydrogen (secondary N) is 1. The number of pyridine rings is 1. The molecule has 0 bridgehead atoms. The molecule has 1 N–H and O–H groups in total. The van der Waals surface area contributed by atoms with Gasteiger partial charge in [0.05, 0.1) is 16.7 Å².